The summed E-state index contributed by atoms with van der Waals surface area (Å²) in [7, 11) is 0. The summed E-state index contributed by atoms with van der Waals surface area (Å²) in [4.78, 5) is 27.1. The van der Waals surface area contributed by atoms with E-state index in [1.807, 2.05) is 19.1 Å². The van der Waals surface area contributed by atoms with Gasteiger partial charge < -0.3 is 10.4 Å². The van der Waals surface area contributed by atoms with Crippen molar-refractivity contribution in [1.82, 2.24) is 10.3 Å². The average Bonchev–Trinajstić information content (AvgIpc) is 2.55. The van der Waals surface area contributed by atoms with Crippen LogP contribution < -0.4 is 5.32 Å². The highest BCUT2D eigenvalue weighted by Crippen LogP contribution is 2.35. The zero-order valence-electron chi connectivity index (χ0n) is 12.9. The Morgan fingerprint density at radius 3 is 2.70 bits per heavy atom. The maximum atomic E-state index is 12.5. The van der Waals surface area contributed by atoms with Crippen LogP contribution in [-0.4, -0.2) is 22.0 Å². The molecule has 118 valence electrons. The van der Waals surface area contributed by atoms with Crippen LogP contribution in [0.3, 0.4) is 0 Å². The van der Waals surface area contributed by atoms with Crippen molar-refractivity contribution in [3.05, 3.63) is 65.0 Å². The number of aryl methyl sites for hydroxylation is 1. The smallest absolute Gasteiger partial charge is 0.354 e. The van der Waals surface area contributed by atoms with Crippen molar-refractivity contribution >= 4 is 11.9 Å². The van der Waals surface area contributed by atoms with Crippen LogP contribution in [0.25, 0.3) is 0 Å². The van der Waals surface area contributed by atoms with Crippen LogP contribution in [0.2, 0.25) is 0 Å². The maximum absolute atomic E-state index is 12.5. The monoisotopic (exact) mass is 310 g/mol. The molecule has 0 spiro atoms. The summed E-state index contributed by atoms with van der Waals surface area (Å²) in [6, 6.07) is 11.0. The lowest BCUT2D eigenvalue weighted by molar-refractivity contribution is 0.0689. The summed E-state index contributed by atoms with van der Waals surface area (Å²) < 4.78 is 0. The second-order valence-corrected chi connectivity index (χ2v) is 6.03. The molecular formula is C18H18N2O3. The van der Waals surface area contributed by atoms with Crippen LogP contribution >= 0.6 is 0 Å². The topological polar surface area (TPSA) is 79.3 Å². The molecule has 1 aliphatic rings. The molecule has 3 rings (SSSR count). The number of carboxylic acids is 1. The molecule has 1 atom stereocenters. The molecule has 0 radical (unpaired) electrons. The van der Waals surface area contributed by atoms with Gasteiger partial charge in [0.2, 0.25) is 0 Å². The molecule has 0 saturated heterocycles. The number of aromatic nitrogens is 1. The fraction of sp³-hybridized carbons (Fsp3) is 0.278. The number of rotatable bonds is 3. The minimum absolute atomic E-state index is 0.0734. The molecule has 1 unspecified atom stereocenters. The van der Waals surface area contributed by atoms with Gasteiger partial charge in [0.15, 0.2) is 0 Å². The molecule has 1 heterocycles. The summed E-state index contributed by atoms with van der Waals surface area (Å²) in [5.74, 6) is -1.35. The number of carboxylic acid groups (broad SMARTS) is 1. The normalized spacial score (nSPS) is 19.7. The number of nitrogens with one attached hydrogen (secondary N) is 1. The fourth-order valence-corrected chi connectivity index (χ4v) is 3.15. The molecule has 0 bridgehead atoms. The first-order chi connectivity index (χ1) is 11.0. The third-order valence-electron chi connectivity index (χ3n) is 4.37. The molecule has 2 N–H and O–H groups in total. The van der Waals surface area contributed by atoms with E-state index in [0.29, 0.717) is 5.56 Å². The highest BCUT2D eigenvalue weighted by atomic mass is 16.4. The van der Waals surface area contributed by atoms with Gasteiger partial charge in [0, 0.05) is 6.20 Å². The number of fused-ring (bicyclic) bond motifs is 1. The number of aromatic carboxylic acids is 1. The molecule has 1 amide bonds. The third-order valence-corrected chi connectivity index (χ3v) is 4.37. The van der Waals surface area contributed by atoms with Gasteiger partial charge in [0.25, 0.3) is 5.91 Å². The van der Waals surface area contributed by atoms with Crippen LogP contribution in [0.1, 0.15) is 51.7 Å². The van der Waals surface area contributed by atoms with Crippen LogP contribution in [0, 0.1) is 0 Å². The van der Waals surface area contributed by atoms with Gasteiger partial charge in [0.05, 0.1) is 11.1 Å². The second kappa shape index (κ2) is 5.83. The van der Waals surface area contributed by atoms with Crippen molar-refractivity contribution in [2.24, 2.45) is 0 Å². The molecule has 1 aliphatic carbocycles. The standard InChI is InChI=1S/C18H18N2O3/c1-18(10-4-6-12-5-2-3-7-14(12)18)20-16(21)13-8-9-15(17(22)23)19-11-13/h2-3,5,7-9,11H,4,6,10H2,1H3,(H,20,21)(H,22,23). The van der Waals surface area contributed by atoms with Gasteiger partial charge in [0.1, 0.15) is 5.69 Å². The van der Waals surface area contributed by atoms with Gasteiger partial charge in [-0.1, -0.05) is 24.3 Å². The molecule has 1 aromatic carbocycles. The number of carbonyl (C=O) groups excluding carboxylic acids is 1. The molecular weight excluding hydrogens is 292 g/mol. The summed E-state index contributed by atoms with van der Waals surface area (Å²) >= 11 is 0. The molecule has 5 heteroatoms. The number of benzene rings is 1. The third kappa shape index (κ3) is 2.95. The lowest BCUT2D eigenvalue weighted by Gasteiger charge is -2.36. The number of hydrogen-bond donors (Lipinski definition) is 2. The Kier molecular flexibility index (Phi) is 3.86. The summed E-state index contributed by atoms with van der Waals surface area (Å²) in [6.07, 6.45) is 4.22. The van der Waals surface area contributed by atoms with E-state index in [9.17, 15) is 9.59 Å². The zero-order chi connectivity index (χ0) is 16.4. The van der Waals surface area contributed by atoms with Gasteiger partial charge in [-0.3, -0.25) is 4.79 Å². The maximum Gasteiger partial charge on any atom is 0.354 e. The predicted molar refractivity (Wildman–Crippen MR) is 85.4 cm³/mol. The summed E-state index contributed by atoms with van der Waals surface area (Å²) in [6.45, 7) is 2.03. The molecule has 0 fully saturated rings. The highest BCUT2D eigenvalue weighted by Gasteiger charge is 2.33. The first-order valence-electron chi connectivity index (χ1n) is 7.60. The Morgan fingerprint density at radius 2 is 2.00 bits per heavy atom. The Labute approximate surface area is 134 Å². The van der Waals surface area contributed by atoms with E-state index in [1.165, 1.54) is 23.9 Å². The zero-order valence-corrected chi connectivity index (χ0v) is 12.9. The van der Waals surface area contributed by atoms with Crippen LogP contribution in [0.15, 0.2) is 42.6 Å². The van der Waals surface area contributed by atoms with E-state index < -0.39 is 11.5 Å². The number of carbonyl (C=O) groups is 2. The molecule has 5 nitrogen and oxygen atoms in total. The van der Waals surface area contributed by atoms with Crippen molar-refractivity contribution in [1.29, 1.82) is 0 Å². The summed E-state index contributed by atoms with van der Waals surface area (Å²) in [5.41, 5.74) is 2.28. The number of nitrogens with zero attached hydrogens (tertiary/aromatic N) is 1. The Morgan fingerprint density at radius 1 is 1.22 bits per heavy atom. The van der Waals surface area contributed by atoms with Gasteiger partial charge in [-0.05, 0) is 49.4 Å². The number of hydrogen-bond acceptors (Lipinski definition) is 3. The van der Waals surface area contributed by atoms with Crippen molar-refractivity contribution in [3.63, 3.8) is 0 Å². The second-order valence-electron chi connectivity index (χ2n) is 6.03. The SMILES string of the molecule is CC1(NC(=O)c2ccc(C(=O)O)nc2)CCCc2ccccc21. The molecule has 23 heavy (non-hydrogen) atoms. The first kappa shape index (κ1) is 15.2. The van der Waals surface area contributed by atoms with E-state index in [-0.39, 0.29) is 11.6 Å². The number of amides is 1. The highest BCUT2D eigenvalue weighted by molar-refractivity contribution is 5.95. The van der Waals surface area contributed by atoms with E-state index in [2.05, 4.69) is 22.4 Å². The fourth-order valence-electron chi connectivity index (χ4n) is 3.15. The van der Waals surface area contributed by atoms with E-state index in [4.69, 9.17) is 5.11 Å². The lowest BCUT2D eigenvalue weighted by atomic mass is 9.77. The summed E-state index contributed by atoms with van der Waals surface area (Å²) in [5, 5.41) is 12.0. The number of pyridine rings is 1. The van der Waals surface area contributed by atoms with Crippen molar-refractivity contribution in [3.8, 4) is 0 Å². The predicted octanol–water partition coefficient (Wildman–Crippen LogP) is 2.76. The van der Waals surface area contributed by atoms with Gasteiger partial charge in [-0.25, -0.2) is 9.78 Å². The first-order valence-corrected chi connectivity index (χ1v) is 7.60. The minimum atomic E-state index is -1.11. The van der Waals surface area contributed by atoms with Crippen molar-refractivity contribution < 1.29 is 14.7 Å². The van der Waals surface area contributed by atoms with E-state index in [0.717, 1.165) is 24.8 Å². The quantitative estimate of drug-likeness (QED) is 0.913. The average molecular weight is 310 g/mol. The molecule has 0 aliphatic heterocycles. The molecule has 0 saturated carbocycles. The largest absolute Gasteiger partial charge is 0.477 e. The van der Waals surface area contributed by atoms with Crippen LogP contribution in [0.5, 0.6) is 0 Å². The minimum Gasteiger partial charge on any atom is -0.477 e. The van der Waals surface area contributed by atoms with Crippen LogP contribution in [0.4, 0.5) is 0 Å². The van der Waals surface area contributed by atoms with Crippen LogP contribution in [-0.2, 0) is 12.0 Å². The van der Waals surface area contributed by atoms with E-state index in [1.54, 1.807) is 0 Å². The molecule has 1 aromatic heterocycles. The van der Waals surface area contributed by atoms with Crippen molar-refractivity contribution in [2.75, 3.05) is 0 Å². The Bertz CT molecular complexity index is 755. The van der Waals surface area contributed by atoms with E-state index >= 15 is 0 Å². The Balaban J connectivity index is 1.84. The lowest BCUT2D eigenvalue weighted by Crippen LogP contribution is -2.45. The Hall–Kier alpha value is -2.69. The van der Waals surface area contributed by atoms with Crippen molar-refractivity contribution in [2.45, 2.75) is 31.7 Å². The van der Waals surface area contributed by atoms with Gasteiger partial charge >= 0.3 is 5.97 Å². The van der Waals surface area contributed by atoms with Gasteiger partial charge in [-0.2, -0.15) is 0 Å². The molecule has 2 aromatic rings. The van der Waals surface area contributed by atoms with Gasteiger partial charge in [-0.15, -0.1) is 0 Å².